The van der Waals surface area contributed by atoms with Gasteiger partial charge in [-0.2, -0.15) is 0 Å². The van der Waals surface area contributed by atoms with E-state index in [1.165, 1.54) is 84.0 Å². The zero-order valence-corrected chi connectivity index (χ0v) is 19.9. The van der Waals surface area contributed by atoms with Crippen LogP contribution in [0.5, 0.6) is 0 Å². The summed E-state index contributed by atoms with van der Waals surface area (Å²) in [6.45, 7) is 11.0. The Morgan fingerprint density at radius 2 is 1.25 bits per heavy atom. The summed E-state index contributed by atoms with van der Waals surface area (Å²) in [4.78, 5) is 5.12. The molecular formula is C23H52N4O. The minimum absolute atomic E-state index is 0.787. The zero-order valence-electron chi connectivity index (χ0n) is 19.9. The van der Waals surface area contributed by atoms with Crippen LogP contribution in [0.4, 0.5) is 0 Å². The summed E-state index contributed by atoms with van der Waals surface area (Å²) in [5.74, 6) is 0.787. The molecular weight excluding hydrogens is 348 g/mol. The summed E-state index contributed by atoms with van der Waals surface area (Å²) in [6.07, 6.45) is 11.7. The molecule has 5 nitrogen and oxygen atoms in total. The van der Waals surface area contributed by atoms with Crippen molar-refractivity contribution in [2.75, 3.05) is 80.7 Å². The molecule has 0 aliphatic rings. The highest BCUT2D eigenvalue weighted by atomic mass is 16.5. The van der Waals surface area contributed by atoms with Crippen LogP contribution in [0.25, 0.3) is 0 Å². The Morgan fingerprint density at radius 1 is 0.714 bits per heavy atom. The van der Waals surface area contributed by atoms with Gasteiger partial charge in [-0.15, -0.1) is 0 Å². The largest absolute Gasteiger partial charge is 0.382 e. The molecule has 0 radical (unpaired) electrons. The lowest BCUT2D eigenvalue weighted by atomic mass is 9.99. The highest BCUT2D eigenvalue weighted by Crippen LogP contribution is 2.14. The van der Waals surface area contributed by atoms with Crippen LogP contribution in [0.1, 0.15) is 64.7 Å². The first kappa shape index (κ1) is 27.8. The quantitative estimate of drug-likeness (QED) is 0.272. The Labute approximate surface area is 177 Å². The second kappa shape index (κ2) is 21.5. The van der Waals surface area contributed by atoms with E-state index in [-0.39, 0.29) is 0 Å². The molecule has 0 spiro atoms. The average Bonchev–Trinajstić information content (AvgIpc) is 2.68. The number of ether oxygens (including phenoxy) is 1. The molecule has 0 amide bonds. The van der Waals surface area contributed by atoms with Gasteiger partial charge in [-0.25, -0.2) is 0 Å². The van der Waals surface area contributed by atoms with Gasteiger partial charge in [0, 0.05) is 26.3 Å². The van der Waals surface area contributed by atoms with Crippen molar-refractivity contribution in [3.05, 3.63) is 0 Å². The average molecular weight is 401 g/mol. The fourth-order valence-corrected chi connectivity index (χ4v) is 3.81. The number of nitrogens with zero attached hydrogens (tertiary/aromatic N) is 2. The van der Waals surface area contributed by atoms with Gasteiger partial charge in [-0.05, 0) is 106 Å². The van der Waals surface area contributed by atoms with Gasteiger partial charge in [-0.3, -0.25) is 0 Å². The standard InChI is InChI=1S/C23H52N4O/c1-6-28-20-14-8-7-9-15-23(21-26(4)18-12-10-16-24-2)22-27(5)19-13-11-17-25-3/h23-25H,6-22H2,1-5H3. The molecule has 0 bridgehead atoms. The van der Waals surface area contributed by atoms with E-state index in [1.54, 1.807) is 0 Å². The van der Waals surface area contributed by atoms with Crippen molar-refractivity contribution >= 4 is 0 Å². The van der Waals surface area contributed by atoms with E-state index in [4.69, 9.17) is 4.74 Å². The molecule has 0 aromatic heterocycles. The summed E-state index contributed by atoms with van der Waals surface area (Å²) < 4.78 is 5.45. The zero-order chi connectivity index (χ0) is 20.9. The minimum atomic E-state index is 0.787. The SMILES string of the molecule is CCOCCCCCCC(CN(C)CCCCNC)CN(C)CCCCNC. The van der Waals surface area contributed by atoms with Gasteiger partial charge in [0.1, 0.15) is 0 Å². The predicted octanol–water partition coefficient (Wildman–Crippen LogP) is 3.45. The van der Waals surface area contributed by atoms with Crippen LogP contribution in [0, 0.1) is 5.92 Å². The number of unbranched alkanes of at least 4 members (excludes halogenated alkanes) is 5. The van der Waals surface area contributed by atoms with Crippen molar-refractivity contribution in [2.24, 2.45) is 5.92 Å². The molecule has 0 aromatic rings. The fraction of sp³-hybridized carbons (Fsp3) is 1.00. The number of hydrogen-bond donors (Lipinski definition) is 2. The van der Waals surface area contributed by atoms with E-state index in [9.17, 15) is 0 Å². The maximum Gasteiger partial charge on any atom is 0.0465 e. The Hall–Kier alpha value is -0.200. The van der Waals surface area contributed by atoms with Gasteiger partial charge in [-0.1, -0.05) is 19.3 Å². The normalized spacial score (nSPS) is 12.0. The lowest BCUT2D eigenvalue weighted by Crippen LogP contribution is -2.35. The summed E-state index contributed by atoms with van der Waals surface area (Å²) >= 11 is 0. The molecule has 0 saturated carbocycles. The molecule has 0 aliphatic carbocycles. The van der Waals surface area contributed by atoms with Crippen LogP contribution >= 0.6 is 0 Å². The van der Waals surface area contributed by atoms with Crippen LogP contribution in [0.3, 0.4) is 0 Å². The number of nitrogens with one attached hydrogen (secondary N) is 2. The van der Waals surface area contributed by atoms with Crippen molar-refractivity contribution in [3.63, 3.8) is 0 Å². The molecule has 0 aliphatic heterocycles. The Balaban J connectivity index is 4.17. The smallest absolute Gasteiger partial charge is 0.0465 e. The first-order chi connectivity index (χ1) is 13.6. The summed E-state index contributed by atoms with van der Waals surface area (Å²) in [6, 6.07) is 0. The maximum atomic E-state index is 5.45. The van der Waals surface area contributed by atoms with Crippen molar-refractivity contribution in [3.8, 4) is 0 Å². The van der Waals surface area contributed by atoms with Crippen molar-refractivity contribution in [2.45, 2.75) is 64.7 Å². The summed E-state index contributed by atoms with van der Waals surface area (Å²) in [5, 5.41) is 6.50. The van der Waals surface area contributed by atoms with Crippen LogP contribution in [-0.2, 0) is 4.74 Å². The Morgan fingerprint density at radius 3 is 1.75 bits per heavy atom. The molecule has 0 heterocycles. The van der Waals surface area contributed by atoms with Gasteiger partial charge < -0.3 is 25.2 Å². The van der Waals surface area contributed by atoms with Gasteiger partial charge in [0.05, 0.1) is 0 Å². The number of hydrogen-bond acceptors (Lipinski definition) is 5. The van der Waals surface area contributed by atoms with E-state index < -0.39 is 0 Å². The van der Waals surface area contributed by atoms with E-state index in [2.05, 4.69) is 41.5 Å². The second-order valence-electron chi connectivity index (χ2n) is 8.41. The maximum absolute atomic E-state index is 5.45. The molecule has 0 rings (SSSR count). The molecule has 0 saturated heterocycles. The topological polar surface area (TPSA) is 39.8 Å². The van der Waals surface area contributed by atoms with Crippen molar-refractivity contribution < 1.29 is 4.74 Å². The first-order valence-corrected chi connectivity index (χ1v) is 11.9. The molecule has 0 unspecified atom stereocenters. The molecule has 2 N–H and O–H groups in total. The summed E-state index contributed by atoms with van der Waals surface area (Å²) in [5.41, 5.74) is 0. The van der Waals surface area contributed by atoms with Crippen LogP contribution in [0.15, 0.2) is 0 Å². The van der Waals surface area contributed by atoms with Gasteiger partial charge in [0.15, 0.2) is 0 Å². The van der Waals surface area contributed by atoms with Crippen LogP contribution in [0.2, 0.25) is 0 Å². The van der Waals surface area contributed by atoms with E-state index in [0.717, 1.165) is 32.2 Å². The third-order valence-electron chi connectivity index (χ3n) is 5.43. The molecule has 28 heavy (non-hydrogen) atoms. The number of rotatable bonds is 22. The van der Waals surface area contributed by atoms with E-state index in [0.29, 0.717) is 0 Å². The van der Waals surface area contributed by atoms with Gasteiger partial charge in [0.25, 0.3) is 0 Å². The monoisotopic (exact) mass is 400 g/mol. The molecule has 0 aromatic carbocycles. The first-order valence-electron chi connectivity index (χ1n) is 11.9. The highest BCUT2D eigenvalue weighted by Gasteiger charge is 2.14. The highest BCUT2D eigenvalue weighted by molar-refractivity contribution is 4.69. The molecule has 0 fully saturated rings. The van der Waals surface area contributed by atoms with Crippen molar-refractivity contribution in [1.82, 2.24) is 20.4 Å². The minimum Gasteiger partial charge on any atom is -0.382 e. The lowest BCUT2D eigenvalue weighted by Gasteiger charge is -2.28. The molecule has 0 atom stereocenters. The van der Waals surface area contributed by atoms with Gasteiger partial charge in [0.2, 0.25) is 0 Å². The third kappa shape index (κ3) is 19.1. The lowest BCUT2D eigenvalue weighted by molar-refractivity contribution is 0.142. The Bertz CT molecular complexity index is 284. The molecule has 170 valence electrons. The van der Waals surface area contributed by atoms with E-state index >= 15 is 0 Å². The van der Waals surface area contributed by atoms with Crippen LogP contribution in [-0.4, -0.2) is 90.5 Å². The van der Waals surface area contributed by atoms with Crippen molar-refractivity contribution in [1.29, 1.82) is 0 Å². The third-order valence-corrected chi connectivity index (χ3v) is 5.43. The fourth-order valence-electron chi connectivity index (χ4n) is 3.81. The van der Waals surface area contributed by atoms with Gasteiger partial charge >= 0.3 is 0 Å². The second-order valence-corrected chi connectivity index (χ2v) is 8.41. The summed E-state index contributed by atoms with van der Waals surface area (Å²) in [7, 11) is 8.70. The predicted molar refractivity (Wildman–Crippen MR) is 124 cm³/mol. The van der Waals surface area contributed by atoms with E-state index in [1.807, 2.05) is 14.1 Å². The molecule has 5 heteroatoms. The Kier molecular flexibility index (Phi) is 21.4. The van der Waals surface area contributed by atoms with Crippen LogP contribution < -0.4 is 10.6 Å².